The zero-order chi connectivity index (χ0) is 16.7. The minimum absolute atomic E-state index is 0.0204. The van der Waals surface area contributed by atoms with Crippen molar-refractivity contribution in [2.75, 3.05) is 13.2 Å². The van der Waals surface area contributed by atoms with E-state index in [0.717, 1.165) is 19.3 Å². The molecule has 1 saturated heterocycles. The Balaban J connectivity index is 1.90. The van der Waals surface area contributed by atoms with Crippen molar-refractivity contribution in [2.45, 2.75) is 51.5 Å². The number of carbonyl (C=O) groups excluding carboxylic acids is 2. The van der Waals surface area contributed by atoms with Gasteiger partial charge in [0.1, 0.15) is 0 Å². The van der Waals surface area contributed by atoms with Crippen LogP contribution in [0, 0.1) is 0 Å². The van der Waals surface area contributed by atoms with Crippen LogP contribution in [-0.2, 0) is 20.7 Å². The molecule has 7 heteroatoms. The van der Waals surface area contributed by atoms with Crippen LogP contribution in [0.5, 0.6) is 0 Å². The molecule has 0 spiro atoms. The molecule has 0 radical (unpaired) electrons. The summed E-state index contributed by atoms with van der Waals surface area (Å²) in [4.78, 5) is 36.9. The Kier molecular flexibility index (Phi) is 6.31. The molecule has 1 aromatic rings. The van der Waals surface area contributed by atoms with Crippen molar-refractivity contribution < 1.29 is 14.3 Å². The van der Waals surface area contributed by atoms with E-state index in [1.807, 2.05) is 0 Å². The third-order valence-corrected chi connectivity index (χ3v) is 3.99. The Morgan fingerprint density at radius 3 is 2.91 bits per heavy atom. The van der Waals surface area contributed by atoms with Crippen LogP contribution in [0.3, 0.4) is 0 Å². The predicted molar refractivity (Wildman–Crippen MR) is 83.8 cm³/mol. The molecule has 2 rings (SSSR count). The van der Waals surface area contributed by atoms with E-state index in [-0.39, 0.29) is 29.9 Å². The van der Waals surface area contributed by atoms with Crippen molar-refractivity contribution in [3.63, 3.8) is 0 Å². The van der Waals surface area contributed by atoms with Crippen molar-refractivity contribution in [1.82, 2.24) is 15.1 Å². The van der Waals surface area contributed by atoms with Gasteiger partial charge in [-0.2, -0.15) is 5.10 Å². The summed E-state index contributed by atoms with van der Waals surface area (Å²) in [6.45, 7) is 2.82. The van der Waals surface area contributed by atoms with E-state index in [4.69, 9.17) is 4.74 Å². The van der Waals surface area contributed by atoms with E-state index < -0.39 is 0 Å². The van der Waals surface area contributed by atoms with E-state index in [2.05, 4.69) is 10.2 Å². The van der Waals surface area contributed by atoms with Gasteiger partial charge in [0.15, 0.2) is 0 Å². The van der Waals surface area contributed by atoms with Crippen LogP contribution >= 0.6 is 0 Å². The van der Waals surface area contributed by atoms with Gasteiger partial charge < -0.3 is 9.64 Å². The molecule has 0 saturated carbocycles. The van der Waals surface area contributed by atoms with E-state index in [0.29, 0.717) is 31.7 Å². The molecule has 2 heterocycles. The molecular weight excluding hydrogens is 298 g/mol. The normalized spacial score (nSPS) is 17.8. The lowest BCUT2D eigenvalue weighted by Gasteiger charge is -2.35. The molecule has 7 nitrogen and oxygen atoms in total. The molecule has 1 aliphatic rings. The van der Waals surface area contributed by atoms with Crippen molar-refractivity contribution in [2.24, 2.45) is 0 Å². The zero-order valence-corrected chi connectivity index (χ0v) is 13.4. The van der Waals surface area contributed by atoms with E-state index in [1.54, 1.807) is 17.9 Å². The number of carbonyl (C=O) groups is 2. The summed E-state index contributed by atoms with van der Waals surface area (Å²) in [6, 6.07) is 2.95. The monoisotopic (exact) mass is 321 g/mol. The van der Waals surface area contributed by atoms with Crippen molar-refractivity contribution >= 4 is 11.9 Å². The van der Waals surface area contributed by atoms with Gasteiger partial charge in [-0.15, -0.1) is 0 Å². The first-order chi connectivity index (χ1) is 11.1. The minimum Gasteiger partial charge on any atom is -0.466 e. The van der Waals surface area contributed by atoms with E-state index >= 15 is 0 Å². The maximum atomic E-state index is 12.5. The van der Waals surface area contributed by atoms with Gasteiger partial charge in [-0.25, -0.2) is 5.10 Å². The number of aromatic nitrogens is 2. The highest BCUT2D eigenvalue weighted by molar-refractivity contribution is 5.78. The number of hydrogen-bond acceptors (Lipinski definition) is 5. The quantitative estimate of drug-likeness (QED) is 0.790. The zero-order valence-electron chi connectivity index (χ0n) is 13.4. The van der Waals surface area contributed by atoms with Gasteiger partial charge in [-0.3, -0.25) is 14.4 Å². The van der Waals surface area contributed by atoms with Gasteiger partial charge in [0.05, 0.1) is 18.7 Å². The first-order valence-corrected chi connectivity index (χ1v) is 8.10. The van der Waals surface area contributed by atoms with Gasteiger partial charge in [-0.1, -0.05) is 0 Å². The molecule has 1 aliphatic heterocycles. The minimum atomic E-state index is -0.259. The largest absolute Gasteiger partial charge is 0.466 e. The van der Waals surface area contributed by atoms with Crippen LogP contribution in [0.15, 0.2) is 16.9 Å². The number of nitrogens with one attached hydrogen (secondary N) is 1. The van der Waals surface area contributed by atoms with Gasteiger partial charge in [0.2, 0.25) is 5.91 Å². The molecule has 23 heavy (non-hydrogen) atoms. The summed E-state index contributed by atoms with van der Waals surface area (Å²) < 4.78 is 4.99. The second kappa shape index (κ2) is 8.45. The lowest BCUT2D eigenvalue weighted by atomic mass is 9.98. The lowest BCUT2D eigenvalue weighted by Crippen LogP contribution is -2.45. The average Bonchev–Trinajstić information content (AvgIpc) is 2.55. The maximum Gasteiger partial charge on any atom is 0.307 e. The van der Waals surface area contributed by atoms with Crippen LogP contribution in [0.1, 0.15) is 44.7 Å². The Morgan fingerprint density at radius 1 is 1.39 bits per heavy atom. The average molecular weight is 321 g/mol. The molecule has 0 unspecified atom stereocenters. The number of aryl methyl sites for hydroxylation is 1. The van der Waals surface area contributed by atoms with Crippen molar-refractivity contribution in [3.8, 4) is 0 Å². The summed E-state index contributed by atoms with van der Waals surface area (Å²) in [6.07, 6.45) is 3.87. The predicted octanol–water partition coefficient (Wildman–Crippen LogP) is 1.04. The molecule has 1 atom stereocenters. The lowest BCUT2D eigenvalue weighted by molar-refractivity contribution is -0.146. The first kappa shape index (κ1) is 17.2. The highest BCUT2D eigenvalue weighted by atomic mass is 16.5. The van der Waals surface area contributed by atoms with Crippen molar-refractivity contribution in [3.05, 3.63) is 28.2 Å². The summed E-state index contributed by atoms with van der Waals surface area (Å²) >= 11 is 0. The second-order valence-electron chi connectivity index (χ2n) is 5.66. The highest BCUT2D eigenvalue weighted by Crippen LogP contribution is 2.21. The SMILES string of the molecule is CCOC(=O)C[C@@H]1CCCCN1C(=O)CCc1ccc(=O)[nH]n1. The summed E-state index contributed by atoms with van der Waals surface area (Å²) in [7, 11) is 0. The number of piperidine rings is 1. The van der Waals surface area contributed by atoms with Gasteiger partial charge in [0, 0.05) is 31.5 Å². The van der Waals surface area contributed by atoms with E-state index in [9.17, 15) is 14.4 Å². The van der Waals surface area contributed by atoms with Crippen LogP contribution in [0.2, 0.25) is 0 Å². The molecule has 0 aliphatic carbocycles. The summed E-state index contributed by atoms with van der Waals surface area (Å²) in [5.41, 5.74) is 0.419. The molecular formula is C16H23N3O4. The summed E-state index contributed by atoms with van der Waals surface area (Å²) in [5, 5.41) is 6.27. The first-order valence-electron chi connectivity index (χ1n) is 8.10. The van der Waals surface area contributed by atoms with E-state index in [1.165, 1.54) is 6.07 Å². The van der Waals surface area contributed by atoms with Gasteiger partial charge in [-0.05, 0) is 32.3 Å². The Morgan fingerprint density at radius 2 is 2.22 bits per heavy atom. The molecule has 0 aromatic carbocycles. The number of aromatic amines is 1. The number of ether oxygens (including phenoxy) is 1. The maximum absolute atomic E-state index is 12.5. The molecule has 1 aromatic heterocycles. The molecule has 0 bridgehead atoms. The number of esters is 1. The van der Waals surface area contributed by atoms with Crippen LogP contribution in [-0.4, -0.2) is 46.2 Å². The number of amides is 1. The number of H-pyrrole nitrogens is 1. The standard InChI is InChI=1S/C16H23N3O4/c1-2-23-16(22)11-13-5-3-4-10-19(13)15(21)9-7-12-6-8-14(20)18-17-12/h6,8,13H,2-5,7,9-11H2,1H3,(H,18,20)/t13-/m0/s1. The molecule has 126 valence electrons. The Bertz CT molecular complexity index is 579. The van der Waals surface area contributed by atoms with Crippen LogP contribution < -0.4 is 5.56 Å². The Labute approximate surface area is 135 Å². The van der Waals surface area contributed by atoms with Gasteiger partial charge >= 0.3 is 5.97 Å². The number of rotatable bonds is 6. The third kappa shape index (κ3) is 5.19. The molecule has 1 amide bonds. The van der Waals surface area contributed by atoms with Crippen LogP contribution in [0.25, 0.3) is 0 Å². The fraction of sp³-hybridized carbons (Fsp3) is 0.625. The number of hydrogen-bond donors (Lipinski definition) is 1. The number of nitrogens with zero attached hydrogens (tertiary/aromatic N) is 2. The van der Waals surface area contributed by atoms with Gasteiger partial charge in [0.25, 0.3) is 5.56 Å². The highest BCUT2D eigenvalue weighted by Gasteiger charge is 2.28. The smallest absolute Gasteiger partial charge is 0.307 e. The van der Waals surface area contributed by atoms with Crippen LogP contribution in [0.4, 0.5) is 0 Å². The van der Waals surface area contributed by atoms with Crippen molar-refractivity contribution in [1.29, 1.82) is 0 Å². The third-order valence-electron chi connectivity index (χ3n) is 3.99. The number of likely N-dealkylation sites (tertiary alicyclic amines) is 1. The summed E-state index contributed by atoms with van der Waals surface area (Å²) in [5.74, 6) is -0.230. The second-order valence-corrected chi connectivity index (χ2v) is 5.66. The topological polar surface area (TPSA) is 92.4 Å². The fourth-order valence-corrected chi connectivity index (χ4v) is 2.84. The molecule has 1 N–H and O–H groups in total. The fourth-order valence-electron chi connectivity index (χ4n) is 2.84. The Hall–Kier alpha value is -2.18. The molecule has 1 fully saturated rings.